The topological polar surface area (TPSA) is 26.0 Å². The van der Waals surface area contributed by atoms with Crippen molar-refractivity contribution in [1.29, 1.82) is 0 Å². The molecule has 1 aromatic rings. The third kappa shape index (κ3) is 4.96. The van der Waals surface area contributed by atoms with Crippen LogP contribution < -0.4 is 5.73 Å². The molecule has 0 amide bonds. The van der Waals surface area contributed by atoms with Gasteiger partial charge in [0.2, 0.25) is 0 Å². The van der Waals surface area contributed by atoms with Crippen LogP contribution in [0.15, 0.2) is 22.7 Å². The van der Waals surface area contributed by atoms with Gasteiger partial charge in [-0.15, -0.1) is 12.4 Å². The Labute approximate surface area is 105 Å². The van der Waals surface area contributed by atoms with Gasteiger partial charge in [0.15, 0.2) is 0 Å². The summed E-state index contributed by atoms with van der Waals surface area (Å²) < 4.78 is 13.8. The maximum Gasteiger partial charge on any atom is 0.124 e. The van der Waals surface area contributed by atoms with Crippen molar-refractivity contribution in [3.05, 3.63) is 34.1 Å². The van der Waals surface area contributed by atoms with Gasteiger partial charge in [-0.2, -0.15) is 0 Å². The van der Waals surface area contributed by atoms with Gasteiger partial charge >= 0.3 is 0 Å². The van der Waals surface area contributed by atoms with Crippen molar-refractivity contribution in [3.8, 4) is 0 Å². The van der Waals surface area contributed by atoms with E-state index >= 15 is 0 Å². The minimum atomic E-state index is -0.235. The molecule has 0 aromatic heterocycles. The average Bonchev–Trinajstić information content (AvgIpc) is 2.12. The molecule has 1 nitrogen and oxygen atoms in total. The molecule has 0 spiro atoms. The van der Waals surface area contributed by atoms with Crippen LogP contribution in [-0.4, -0.2) is 0 Å². The van der Waals surface area contributed by atoms with Crippen molar-refractivity contribution >= 4 is 28.3 Å². The van der Waals surface area contributed by atoms with Gasteiger partial charge in [0.25, 0.3) is 0 Å². The average molecular weight is 297 g/mol. The standard InChI is InChI=1S/C11H15BrFN.ClH/c1-2-3-4-11(14)8-5-9(12)7-10(13)6-8;/h5-7,11H,2-4,14H2,1H3;1H/t11-;/m0./s1. The molecule has 0 aliphatic carbocycles. The van der Waals surface area contributed by atoms with Crippen LogP contribution in [0.1, 0.15) is 37.8 Å². The predicted molar refractivity (Wildman–Crippen MR) is 67.8 cm³/mol. The van der Waals surface area contributed by atoms with E-state index in [1.54, 1.807) is 0 Å². The zero-order chi connectivity index (χ0) is 10.6. The summed E-state index contributed by atoms with van der Waals surface area (Å²) in [5.41, 5.74) is 6.80. The van der Waals surface area contributed by atoms with Crippen LogP contribution >= 0.6 is 28.3 Å². The highest BCUT2D eigenvalue weighted by molar-refractivity contribution is 9.10. The molecule has 15 heavy (non-hydrogen) atoms. The molecule has 0 radical (unpaired) electrons. The SMILES string of the molecule is CCCC[C@H](N)c1cc(F)cc(Br)c1.Cl. The van der Waals surface area contributed by atoms with Crippen molar-refractivity contribution in [3.63, 3.8) is 0 Å². The molecule has 0 aliphatic rings. The van der Waals surface area contributed by atoms with Gasteiger partial charge in [0, 0.05) is 10.5 Å². The van der Waals surface area contributed by atoms with Gasteiger partial charge in [-0.1, -0.05) is 35.7 Å². The normalized spacial score (nSPS) is 12.0. The lowest BCUT2D eigenvalue weighted by Gasteiger charge is -2.11. The van der Waals surface area contributed by atoms with Crippen molar-refractivity contribution in [2.75, 3.05) is 0 Å². The molecule has 0 fully saturated rings. The zero-order valence-corrected chi connectivity index (χ0v) is 11.1. The first-order chi connectivity index (χ1) is 6.63. The number of halogens is 3. The Bertz CT molecular complexity index is 286. The predicted octanol–water partition coefficient (Wildman–Crippen LogP) is 4.20. The van der Waals surface area contributed by atoms with E-state index < -0.39 is 0 Å². The number of unbranched alkanes of at least 4 members (excludes halogenated alkanes) is 1. The summed E-state index contributed by atoms with van der Waals surface area (Å²) in [5.74, 6) is -0.235. The van der Waals surface area contributed by atoms with E-state index in [1.807, 2.05) is 6.07 Å². The quantitative estimate of drug-likeness (QED) is 0.885. The lowest BCUT2D eigenvalue weighted by molar-refractivity contribution is 0.587. The summed E-state index contributed by atoms with van der Waals surface area (Å²) in [6.07, 6.45) is 3.10. The molecule has 0 bridgehead atoms. The first kappa shape index (κ1) is 14.9. The molecule has 0 saturated heterocycles. The minimum Gasteiger partial charge on any atom is -0.324 e. The van der Waals surface area contributed by atoms with Crippen LogP contribution in [0.4, 0.5) is 4.39 Å². The Kier molecular flexibility index (Phi) is 7.14. The Morgan fingerprint density at radius 1 is 1.40 bits per heavy atom. The lowest BCUT2D eigenvalue weighted by Crippen LogP contribution is -2.10. The number of hydrogen-bond donors (Lipinski definition) is 1. The van der Waals surface area contributed by atoms with Crippen LogP contribution in [0.5, 0.6) is 0 Å². The van der Waals surface area contributed by atoms with Gasteiger partial charge in [-0.25, -0.2) is 4.39 Å². The van der Waals surface area contributed by atoms with Gasteiger partial charge in [0.05, 0.1) is 0 Å². The van der Waals surface area contributed by atoms with E-state index in [9.17, 15) is 4.39 Å². The lowest BCUT2D eigenvalue weighted by atomic mass is 10.0. The Morgan fingerprint density at radius 3 is 2.60 bits per heavy atom. The van der Waals surface area contributed by atoms with Gasteiger partial charge in [0.1, 0.15) is 5.82 Å². The van der Waals surface area contributed by atoms with E-state index in [0.29, 0.717) is 0 Å². The van der Waals surface area contributed by atoms with Crippen LogP contribution in [-0.2, 0) is 0 Å². The molecule has 2 N–H and O–H groups in total. The van der Waals surface area contributed by atoms with Gasteiger partial charge in [-0.05, 0) is 30.2 Å². The van der Waals surface area contributed by atoms with E-state index in [1.165, 1.54) is 12.1 Å². The third-order valence-corrected chi connectivity index (χ3v) is 2.64. The van der Waals surface area contributed by atoms with E-state index in [0.717, 1.165) is 29.3 Å². The smallest absolute Gasteiger partial charge is 0.124 e. The second kappa shape index (κ2) is 7.20. The number of benzene rings is 1. The van der Waals surface area contributed by atoms with Crippen LogP contribution in [0.3, 0.4) is 0 Å². The Hall–Kier alpha value is -0.120. The summed E-state index contributed by atoms with van der Waals surface area (Å²) >= 11 is 3.25. The second-order valence-corrected chi connectivity index (χ2v) is 4.37. The first-order valence-electron chi connectivity index (χ1n) is 4.85. The fourth-order valence-corrected chi connectivity index (χ4v) is 1.86. The highest BCUT2D eigenvalue weighted by Gasteiger charge is 2.07. The molecular weight excluding hydrogens is 280 g/mol. The van der Waals surface area contributed by atoms with E-state index in [2.05, 4.69) is 22.9 Å². The van der Waals surface area contributed by atoms with Crippen molar-refractivity contribution in [1.82, 2.24) is 0 Å². The number of rotatable bonds is 4. The second-order valence-electron chi connectivity index (χ2n) is 3.45. The zero-order valence-electron chi connectivity index (χ0n) is 8.67. The molecule has 4 heteroatoms. The number of hydrogen-bond acceptors (Lipinski definition) is 1. The molecule has 0 aliphatic heterocycles. The summed E-state index contributed by atoms with van der Waals surface area (Å²) in [6, 6.07) is 4.77. The molecule has 0 saturated carbocycles. The molecule has 86 valence electrons. The summed E-state index contributed by atoms with van der Waals surface area (Å²) in [7, 11) is 0. The molecule has 0 unspecified atom stereocenters. The van der Waals surface area contributed by atoms with Crippen molar-refractivity contribution in [2.24, 2.45) is 5.73 Å². The summed E-state index contributed by atoms with van der Waals surface area (Å²) in [4.78, 5) is 0. The molecular formula is C11H16BrClFN. The van der Waals surface area contributed by atoms with Gasteiger partial charge in [-0.3, -0.25) is 0 Å². The summed E-state index contributed by atoms with van der Waals surface area (Å²) in [6.45, 7) is 2.12. The molecule has 1 atom stereocenters. The van der Waals surface area contributed by atoms with Crippen LogP contribution in [0, 0.1) is 5.82 Å². The fraction of sp³-hybridized carbons (Fsp3) is 0.455. The maximum atomic E-state index is 13.0. The third-order valence-electron chi connectivity index (χ3n) is 2.18. The van der Waals surface area contributed by atoms with Crippen molar-refractivity contribution < 1.29 is 4.39 Å². The van der Waals surface area contributed by atoms with Crippen LogP contribution in [0.2, 0.25) is 0 Å². The monoisotopic (exact) mass is 295 g/mol. The molecule has 1 aromatic carbocycles. The van der Waals surface area contributed by atoms with Crippen LogP contribution in [0.25, 0.3) is 0 Å². The highest BCUT2D eigenvalue weighted by Crippen LogP contribution is 2.22. The Balaban J connectivity index is 0.00000196. The minimum absolute atomic E-state index is 0. The van der Waals surface area contributed by atoms with Gasteiger partial charge < -0.3 is 5.73 Å². The van der Waals surface area contributed by atoms with E-state index in [-0.39, 0.29) is 24.3 Å². The largest absolute Gasteiger partial charge is 0.324 e. The van der Waals surface area contributed by atoms with Crippen molar-refractivity contribution in [2.45, 2.75) is 32.2 Å². The Morgan fingerprint density at radius 2 is 2.07 bits per heavy atom. The van der Waals surface area contributed by atoms with E-state index in [4.69, 9.17) is 5.73 Å². The maximum absolute atomic E-state index is 13.0. The number of nitrogens with two attached hydrogens (primary N) is 1. The molecule has 0 heterocycles. The fourth-order valence-electron chi connectivity index (χ4n) is 1.38. The highest BCUT2D eigenvalue weighted by atomic mass is 79.9. The first-order valence-corrected chi connectivity index (χ1v) is 5.64. The summed E-state index contributed by atoms with van der Waals surface area (Å²) in [5, 5.41) is 0. The molecule has 1 rings (SSSR count).